The number of hydrogen-bond donors (Lipinski definition) is 1. The first kappa shape index (κ1) is 14.2. The van der Waals surface area contributed by atoms with E-state index < -0.39 is 0 Å². The maximum atomic E-state index is 5.98. The SMILES string of the molecule is CSC1(CNCc2ccc(Cl)cc2C)CCCC1. The second-order valence-electron chi connectivity index (χ2n) is 5.27. The van der Waals surface area contributed by atoms with Gasteiger partial charge in [-0.2, -0.15) is 11.8 Å². The molecule has 1 nitrogen and oxygen atoms in total. The zero-order valence-corrected chi connectivity index (χ0v) is 12.8. The number of rotatable bonds is 5. The third kappa shape index (κ3) is 3.43. The van der Waals surface area contributed by atoms with Gasteiger partial charge in [0, 0.05) is 22.9 Å². The van der Waals surface area contributed by atoms with Crippen LogP contribution >= 0.6 is 23.4 Å². The smallest absolute Gasteiger partial charge is 0.0408 e. The zero-order chi connectivity index (χ0) is 13.0. The molecule has 0 unspecified atom stereocenters. The van der Waals surface area contributed by atoms with Crippen LogP contribution in [0.2, 0.25) is 5.02 Å². The molecule has 1 fully saturated rings. The predicted octanol–water partition coefficient (Wildman–Crippen LogP) is 4.41. The molecule has 1 N–H and O–H groups in total. The standard InChI is InChI=1S/C15H22ClNS/c1-12-9-14(16)6-5-13(12)10-17-11-15(18-2)7-3-4-8-15/h5-6,9,17H,3-4,7-8,10-11H2,1-2H3. The summed E-state index contributed by atoms with van der Waals surface area (Å²) < 4.78 is 0.486. The summed E-state index contributed by atoms with van der Waals surface area (Å²) >= 11 is 8.01. The maximum Gasteiger partial charge on any atom is 0.0408 e. The molecule has 0 aromatic heterocycles. The van der Waals surface area contributed by atoms with E-state index in [-0.39, 0.29) is 0 Å². The van der Waals surface area contributed by atoms with Crippen LogP contribution in [-0.4, -0.2) is 17.5 Å². The molecule has 1 saturated carbocycles. The van der Waals surface area contributed by atoms with E-state index in [1.807, 2.05) is 23.9 Å². The lowest BCUT2D eigenvalue weighted by Crippen LogP contribution is -2.34. The van der Waals surface area contributed by atoms with Crippen molar-refractivity contribution in [2.75, 3.05) is 12.8 Å². The van der Waals surface area contributed by atoms with Gasteiger partial charge in [-0.3, -0.25) is 0 Å². The van der Waals surface area contributed by atoms with E-state index in [0.717, 1.165) is 18.1 Å². The molecule has 1 aromatic carbocycles. The van der Waals surface area contributed by atoms with Gasteiger partial charge in [-0.15, -0.1) is 0 Å². The van der Waals surface area contributed by atoms with Gasteiger partial charge in [-0.25, -0.2) is 0 Å². The highest BCUT2D eigenvalue weighted by atomic mass is 35.5. The van der Waals surface area contributed by atoms with Gasteiger partial charge in [0.05, 0.1) is 0 Å². The first-order valence-electron chi connectivity index (χ1n) is 6.66. The molecule has 0 aliphatic heterocycles. The maximum absolute atomic E-state index is 5.98. The van der Waals surface area contributed by atoms with Crippen LogP contribution < -0.4 is 5.32 Å². The van der Waals surface area contributed by atoms with Crippen molar-refractivity contribution in [1.82, 2.24) is 5.32 Å². The van der Waals surface area contributed by atoms with Gasteiger partial charge in [-0.1, -0.05) is 30.5 Å². The number of thioether (sulfide) groups is 1. The van der Waals surface area contributed by atoms with E-state index in [0.29, 0.717) is 4.75 Å². The van der Waals surface area contributed by atoms with E-state index in [9.17, 15) is 0 Å². The molecule has 1 aromatic rings. The largest absolute Gasteiger partial charge is 0.311 e. The first-order valence-corrected chi connectivity index (χ1v) is 8.26. The average Bonchev–Trinajstić information content (AvgIpc) is 2.81. The number of hydrogen-bond acceptors (Lipinski definition) is 2. The third-order valence-corrected chi connectivity index (χ3v) is 5.67. The van der Waals surface area contributed by atoms with Crippen molar-refractivity contribution in [3.8, 4) is 0 Å². The Morgan fingerprint density at radius 1 is 1.33 bits per heavy atom. The molecule has 2 rings (SSSR count). The molecule has 0 saturated heterocycles. The zero-order valence-electron chi connectivity index (χ0n) is 11.3. The van der Waals surface area contributed by atoms with Gasteiger partial charge in [0.2, 0.25) is 0 Å². The quantitative estimate of drug-likeness (QED) is 0.859. The summed E-state index contributed by atoms with van der Waals surface area (Å²) in [6, 6.07) is 6.15. The van der Waals surface area contributed by atoms with Crippen molar-refractivity contribution in [2.24, 2.45) is 0 Å². The van der Waals surface area contributed by atoms with Gasteiger partial charge < -0.3 is 5.32 Å². The van der Waals surface area contributed by atoms with Crippen molar-refractivity contribution in [1.29, 1.82) is 0 Å². The highest BCUT2D eigenvalue weighted by Crippen LogP contribution is 2.39. The van der Waals surface area contributed by atoms with E-state index in [4.69, 9.17) is 11.6 Å². The lowest BCUT2D eigenvalue weighted by molar-refractivity contribution is 0.533. The van der Waals surface area contributed by atoms with Gasteiger partial charge in [0.1, 0.15) is 0 Å². The van der Waals surface area contributed by atoms with Crippen LogP contribution in [0.3, 0.4) is 0 Å². The molecule has 0 bridgehead atoms. The first-order chi connectivity index (χ1) is 8.65. The minimum atomic E-state index is 0.486. The monoisotopic (exact) mass is 283 g/mol. The molecule has 0 atom stereocenters. The second kappa shape index (κ2) is 6.31. The van der Waals surface area contributed by atoms with Crippen LogP contribution in [0.4, 0.5) is 0 Å². The van der Waals surface area contributed by atoms with Gasteiger partial charge in [0.15, 0.2) is 0 Å². The number of benzene rings is 1. The molecular weight excluding hydrogens is 262 g/mol. The topological polar surface area (TPSA) is 12.0 Å². The summed E-state index contributed by atoms with van der Waals surface area (Å²) in [5, 5.41) is 4.46. The molecule has 0 radical (unpaired) electrons. The Hall–Kier alpha value is -0.180. The van der Waals surface area contributed by atoms with Gasteiger partial charge >= 0.3 is 0 Å². The molecular formula is C15H22ClNS. The minimum Gasteiger partial charge on any atom is -0.311 e. The Morgan fingerprint density at radius 2 is 2.06 bits per heavy atom. The van der Waals surface area contributed by atoms with Crippen molar-refractivity contribution >= 4 is 23.4 Å². The van der Waals surface area contributed by atoms with E-state index >= 15 is 0 Å². The molecule has 0 heterocycles. The average molecular weight is 284 g/mol. The fraction of sp³-hybridized carbons (Fsp3) is 0.600. The molecule has 1 aliphatic carbocycles. The minimum absolute atomic E-state index is 0.486. The Balaban J connectivity index is 1.88. The summed E-state index contributed by atoms with van der Waals surface area (Å²) in [4.78, 5) is 0. The summed E-state index contributed by atoms with van der Waals surface area (Å²) in [6.07, 6.45) is 7.76. The third-order valence-electron chi connectivity index (χ3n) is 4.02. The molecule has 3 heteroatoms. The normalized spacial score (nSPS) is 18.2. The molecule has 0 amide bonds. The van der Waals surface area contributed by atoms with E-state index in [2.05, 4.69) is 24.6 Å². The second-order valence-corrected chi connectivity index (χ2v) is 6.98. The van der Waals surface area contributed by atoms with Crippen LogP contribution in [0.1, 0.15) is 36.8 Å². The van der Waals surface area contributed by atoms with Crippen molar-refractivity contribution in [2.45, 2.75) is 43.9 Å². The summed E-state index contributed by atoms with van der Waals surface area (Å²) in [7, 11) is 0. The van der Waals surface area contributed by atoms with Crippen molar-refractivity contribution in [3.63, 3.8) is 0 Å². The van der Waals surface area contributed by atoms with Crippen LogP contribution in [0.15, 0.2) is 18.2 Å². The summed E-state index contributed by atoms with van der Waals surface area (Å²) in [5.74, 6) is 0. The van der Waals surface area contributed by atoms with Crippen LogP contribution in [0.25, 0.3) is 0 Å². The van der Waals surface area contributed by atoms with Crippen LogP contribution in [-0.2, 0) is 6.54 Å². The molecule has 0 spiro atoms. The molecule has 100 valence electrons. The predicted molar refractivity (Wildman–Crippen MR) is 82.6 cm³/mol. The fourth-order valence-corrected chi connectivity index (χ4v) is 3.92. The number of aryl methyl sites for hydroxylation is 1. The number of nitrogens with one attached hydrogen (secondary N) is 1. The van der Waals surface area contributed by atoms with Gasteiger partial charge in [0.25, 0.3) is 0 Å². The number of halogens is 1. The fourth-order valence-electron chi connectivity index (χ4n) is 2.76. The van der Waals surface area contributed by atoms with Gasteiger partial charge in [-0.05, 0) is 49.3 Å². The van der Waals surface area contributed by atoms with E-state index in [1.165, 1.54) is 36.8 Å². The van der Waals surface area contributed by atoms with Crippen LogP contribution in [0, 0.1) is 6.92 Å². The highest BCUT2D eigenvalue weighted by Gasteiger charge is 2.32. The Kier molecular flexibility index (Phi) is 4.99. The van der Waals surface area contributed by atoms with Crippen LogP contribution in [0.5, 0.6) is 0 Å². The van der Waals surface area contributed by atoms with E-state index in [1.54, 1.807) is 0 Å². The molecule has 18 heavy (non-hydrogen) atoms. The Morgan fingerprint density at radius 3 is 2.67 bits per heavy atom. The van der Waals surface area contributed by atoms with Crippen molar-refractivity contribution < 1.29 is 0 Å². The highest BCUT2D eigenvalue weighted by molar-refractivity contribution is 8.00. The molecule has 1 aliphatic rings. The Labute approximate surface area is 120 Å². The van der Waals surface area contributed by atoms with Crippen molar-refractivity contribution in [3.05, 3.63) is 34.3 Å². The Bertz CT molecular complexity index is 399. The lowest BCUT2D eigenvalue weighted by atomic mass is 10.1. The summed E-state index contributed by atoms with van der Waals surface area (Å²) in [5.41, 5.74) is 2.63. The summed E-state index contributed by atoms with van der Waals surface area (Å²) in [6.45, 7) is 4.20. The lowest BCUT2D eigenvalue weighted by Gasteiger charge is -2.27.